The number of nitrogens with zero attached hydrogens (tertiary/aromatic N) is 1. The molecule has 0 saturated carbocycles. The minimum Gasteiger partial charge on any atom is -0.314 e. The summed E-state index contributed by atoms with van der Waals surface area (Å²) in [6, 6.07) is 0. The van der Waals surface area contributed by atoms with E-state index in [-0.39, 0.29) is 0 Å². The summed E-state index contributed by atoms with van der Waals surface area (Å²) in [5.41, 5.74) is 0. The van der Waals surface area contributed by atoms with E-state index in [1.54, 1.807) is 0 Å². The van der Waals surface area contributed by atoms with Crippen LogP contribution in [0.2, 0.25) is 0 Å². The standard InChI is InChI=1S/C29H59NO2P/c1-6-8-9-10-11-12-13-14-15-16-17-18-19-20-21-22-23-24-25-26-27-28-29(7-2,33(31)32)30(3,4)5/h21-22H,6-20,23-28H2,1-5H3/q+1. The Morgan fingerprint density at radius 3 is 1.27 bits per heavy atom. The van der Waals surface area contributed by atoms with Gasteiger partial charge >= 0.3 is 7.68 Å². The highest BCUT2D eigenvalue weighted by molar-refractivity contribution is 7.32. The highest BCUT2D eigenvalue weighted by atomic mass is 31.1. The molecule has 0 spiro atoms. The van der Waals surface area contributed by atoms with E-state index in [0.29, 0.717) is 10.9 Å². The molecule has 4 heteroatoms. The van der Waals surface area contributed by atoms with Crippen LogP contribution in [0.5, 0.6) is 0 Å². The smallest absolute Gasteiger partial charge is 0.314 e. The lowest BCUT2D eigenvalue weighted by atomic mass is 10.0. The summed E-state index contributed by atoms with van der Waals surface area (Å²) in [5.74, 6) is 0. The molecule has 0 aromatic rings. The Morgan fingerprint density at radius 2 is 0.939 bits per heavy atom. The Morgan fingerprint density at radius 1 is 0.576 bits per heavy atom. The number of allylic oxidation sites excluding steroid dienone is 2. The van der Waals surface area contributed by atoms with Gasteiger partial charge in [-0.1, -0.05) is 116 Å². The summed E-state index contributed by atoms with van der Waals surface area (Å²) in [5, 5.41) is -0.608. The van der Waals surface area contributed by atoms with E-state index >= 15 is 0 Å². The molecule has 196 valence electrons. The Balaban J connectivity index is 3.52. The minimum atomic E-state index is -2.42. The molecule has 0 amide bonds. The topological polar surface area (TPSA) is 34.1 Å². The fourth-order valence-electron chi connectivity index (χ4n) is 4.99. The molecule has 0 heterocycles. The van der Waals surface area contributed by atoms with Gasteiger partial charge in [0.15, 0.2) is 0 Å². The first kappa shape index (κ1) is 32.6. The Hall–Kier alpha value is -0.400. The van der Waals surface area contributed by atoms with Crippen LogP contribution in [0.3, 0.4) is 0 Å². The van der Waals surface area contributed by atoms with Crippen molar-refractivity contribution in [2.75, 3.05) is 21.1 Å². The fourth-order valence-corrected chi connectivity index (χ4v) is 6.08. The lowest BCUT2D eigenvalue weighted by molar-refractivity contribution is -0.908. The van der Waals surface area contributed by atoms with E-state index in [1.165, 1.54) is 109 Å². The van der Waals surface area contributed by atoms with Crippen molar-refractivity contribution < 1.29 is 13.6 Å². The third kappa shape index (κ3) is 16.0. The van der Waals surface area contributed by atoms with Crippen LogP contribution in [-0.2, 0) is 9.13 Å². The maximum atomic E-state index is 12.0. The van der Waals surface area contributed by atoms with E-state index in [4.69, 9.17) is 0 Å². The molecule has 0 saturated heterocycles. The molecule has 0 aliphatic heterocycles. The quantitative estimate of drug-likeness (QED) is 0.0591. The third-order valence-corrected chi connectivity index (χ3v) is 9.31. The van der Waals surface area contributed by atoms with E-state index in [2.05, 4.69) is 19.1 Å². The molecule has 0 N–H and O–H groups in total. The third-order valence-electron chi connectivity index (χ3n) is 7.49. The molecule has 33 heavy (non-hydrogen) atoms. The van der Waals surface area contributed by atoms with Crippen LogP contribution in [0, 0.1) is 0 Å². The number of hydrogen-bond acceptors (Lipinski definition) is 2. The van der Waals surface area contributed by atoms with Crippen LogP contribution in [0.4, 0.5) is 0 Å². The highest BCUT2D eigenvalue weighted by Crippen LogP contribution is 2.43. The van der Waals surface area contributed by atoms with E-state index in [9.17, 15) is 9.13 Å². The molecule has 0 aromatic heterocycles. The highest BCUT2D eigenvalue weighted by Gasteiger charge is 2.46. The largest absolute Gasteiger partial charge is 0.378 e. The van der Waals surface area contributed by atoms with Gasteiger partial charge in [-0.2, -0.15) is 0 Å². The van der Waals surface area contributed by atoms with Crippen LogP contribution < -0.4 is 0 Å². The molecule has 0 fully saturated rings. The lowest BCUT2D eigenvalue weighted by Gasteiger charge is -2.40. The van der Waals surface area contributed by atoms with Crippen molar-refractivity contribution in [3.8, 4) is 0 Å². The molecule has 1 atom stereocenters. The van der Waals surface area contributed by atoms with Crippen molar-refractivity contribution >= 4 is 7.68 Å². The van der Waals surface area contributed by atoms with Crippen molar-refractivity contribution in [2.45, 2.75) is 154 Å². The molecule has 0 aliphatic carbocycles. The summed E-state index contributed by atoms with van der Waals surface area (Å²) >= 11 is 0. The zero-order valence-electron chi connectivity index (χ0n) is 23.2. The normalized spacial score (nSPS) is 14.1. The van der Waals surface area contributed by atoms with Crippen molar-refractivity contribution in [2.24, 2.45) is 0 Å². The summed E-state index contributed by atoms with van der Waals surface area (Å²) in [7, 11) is 3.61. The van der Waals surface area contributed by atoms with Gasteiger partial charge in [0, 0.05) is 12.8 Å². The zero-order valence-corrected chi connectivity index (χ0v) is 24.1. The summed E-state index contributed by atoms with van der Waals surface area (Å²) in [6.45, 7) is 4.30. The first-order chi connectivity index (χ1) is 15.8. The van der Waals surface area contributed by atoms with E-state index < -0.39 is 13.0 Å². The Labute approximate surface area is 208 Å². The average Bonchev–Trinajstić information content (AvgIpc) is 2.76. The first-order valence-electron chi connectivity index (χ1n) is 14.4. The van der Waals surface area contributed by atoms with Gasteiger partial charge in [-0.3, -0.25) is 0 Å². The SMILES string of the molecule is CCCCCCCCCCCCCCCC=CCCCCCCC(CC)(P(=O)=O)[N+](C)(C)C. The fraction of sp³-hybridized carbons (Fsp3) is 0.931. The second-order valence-corrected chi connectivity index (χ2v) is 12.4. The second-order valence-electron chi connectivity index (χ2n) is 11.1. The predicted molar refractivity (Wildman–Crippen MR) is 147 cm³/mol. The van der Waals surface area contributed by atoms with Crippen molar-refractivity contribution in [3.63, 3.8) is 0 Å². The maximum Gasteiger partial charge on any atom is 0.378 e. The Kier molecular flexibility index (Phi) is 20.7. The zero-order chi connectivity index (χ0) is 24.8. The van der Waals surface area contributed by atoms with Crippen LogP contribution in [0.15, 0.2) is 12.2 Å². The molecular formula is C29H59NO2P+. The molecular weight excluding hydrogens is 425 g/mol. The molecule has 0 aromatic carbocycles. The minimum absolute atomic E-state index is 0.504. The van der Waals surface area contributed by atoms with Crippen LogP contribution in [0.1, 0.15) is 149 Å². The van der Waals surface area contributed by atoms with Crippen LogP contribution in [-0.4, -0.2) is 30.9 Å². The monoisotopic (exact) mass is 484 g/mol. The van der Waals surface area contributed by atoms with Gasteiger partial charge in [0.05, 0.1) is 21.1 Å². The number of rotatable bonds is 24. The second kappa shape index (κ2) is 20.9. The molecule has 3 nitrogen and oxygen atoms in total. The number of quaternary nitrogens is 1. The summed E-state index contributed by atoms with van der Waals surface area (Å²) < 4.78 is 24.4. The molecule has 1 unspecified atom stereocenters. The molecule has 0 aliphatic rings. The van der Waals surface area contributed by atoms with Crippen molar-refractivity contribution in [1.29, 1.82) is 0 Å². The van der Waals surface area contributed by atoms with Gasteiger partial charge in [-0.25, -0.2) is 9.13 Å². The summed E-state index contributed by atoms with van der Waals surface area (Å²) in [6.07, 6.45) is 31.6. The first-order valence-corrected chi connectivity index (χ1v) is 15.6. The van der Waals surface area contributed by atoms with Gasteiger partial charge in [-0.15, -0.1) is 0 Å². The van der Waals surface area contributed by atoms with Crippen molar-refractivity contribution in [1.82, 2.24) is 0 Å². The van der Waals surface area contributed by atoms with Gasteiger partial charge in [-0.05, 0) is 32.1 Å². The van der Waals surface area contributed by atoms with E-state index in [1.807, 2.05) is 28.1 Å². The van der Waals surface area contributed by atoms with Crippen molar-refractivity contribution in [3.05, 3.63) is 12.2 Å². The average molecular weight is 485 g/mol. The van der Waals surface area contributed by atoms with Gasteiger partial charge in [0.25, 0.3) is 0 Å². The van der Waals surface area contributed by atoms with Crippen LogP contribution >= 0.6 is 7.68 Å². The number of unbranched alkanes of at least 4 members (excludes halogenated alkanes) is 17. The summed E-state index contributed by atoms with van der Waals surface area (Å²) in [4.78, 5) is 0. The molecule has 0 rings (SSSR count). The predicted octanol–water partition coefficient (Wildman–Crippen LogP) is 10.3. The van der Waals surface area contributed by atoms with Gasteiger partial charge in [0.1, 0.15) is 0 Å². The van der Waals surface area contributed by atoms with Gasteiger partial charge < -0.3 is 4.48 Å². The molecule has 0 radical (unpaired) electrons. The van der Waals surface area contributed by atoms with Crippen LogP contribution in [0.25, 0.3) is 0 Å². The molecule has 0 bridgehead atoms. The number of hydrogen-bond donors (Lipinski definition) is 0. The lowest BCUT2D eigenvalue weighted by Crippen LogP contribution is -2.53. The maximum absolute atomic E-state index is 12.0. The Bertz CT molecular complexity index is 528. The van der Waals surface area contributed by atoms with E-state index in [0.717, 1.165) is 19.3 Å². The van der Waals surface area contributed by atoms with Gasteiger partial charge in [0.2, 0.25) is 5.28 Å².